The van der Waals surface area contributed by atoms with Gasteiger partial charge in [0.15, 0.2) is 5.78 Å². The summed E-state index contributed by atoms with van der Waals surface area (Å²) in [6.07, 6.45) is 2.97. The van der Waals surface area contributed by atoms with Crippen LogP contribution in [0.2, 0.25) is 0 Å². The second kappa shape index (κ2) is 7.51. The summed E-state index contributed by atoms with van der Waals surface area (Å²) >= 11 is 1.13. The number of carbonyl (C=O) groups is 1. The van der Waals surface area contributed by atoms with Crippen molar-refractivity contribution in [3.05, 3.63) is 94.4 Å². The number of nitro groups is 1. The molecule has 0 atom stereocenters. The molecule has 0 saturated heterocycles. The first-order valence-corrected chi connectivity index (χ1v) is 8.94. The molecule has 3 rings (SSSR count). The molecule has 0 aliphatic rings. The zero-order valence-corrected chi connectivity index (χ0v) is 15.5. The number of benzene rings is 2. The van der Waals surface area contributed by atoms with Crippen molar-refractivity contribution in [1.29, 1.82) is 0 Å². The van der Waals surface area contributed by atoms with Gasteiger partial charge in [0.2, 0.25) is 0 Å². The van der Waals surface area contributed by atoms with Crippen molar-refractivity contribution in [2.24, 2.45) is 0 Å². The van der Waals surface area contributed by atoms with Gasteiger partial charge in [-0.25, -0.2) is 0 Å². The molecule has 0 aliphatic carbocycles. The molecular weight excluding hydrogens is 364 g/mol. The summed E-state index contributed by atoms with van der Waals surface area (Å²) in [6, 6.07) is 12.0. The van der Waals surface area contributed by atoms with Gasteiger partial charge in [-0.1, -0.05) is 36.4 Å². The van der Waals surface area contributed by atoms with Crippen LogP contribution >= 0.6 is 11.3 Å². The number of carbonyl (C=O) groups excluding carboxylic acids is 1. The number of nitrogens with zero attached hydrogens (tertiary/aromatic N) is 1. The summed E-state index contributed by atoms with van der Waals surface area (Å²) in [5.41, 5.74) is 2.19. The van der Waals surface area contributed by atoms with Crippen molar-refractivity contribution in [2.45, 2.75) is 13.8 Å². The Morgan fingerprint density at radius 3 is 2.59 bits per heavy atom. The highest BCUT2D eigenvalue weighted by Crippen LogP contribution is 2.19. The molecule has 6 nitrogen and oxygen atoms in total. The molecule has 0 fully saturated rings. The molecule has 0 saturated carbocycles. The zero-order chi connectivity index (χ0) is 19.6. The Hall–Kier alpha value is -3.32. The normalized spacial score (nSPS) is 12.4. The number of ketones is 1. The Bertz CT molecular complexity index is 1220. The molecule has 0 bridgehead atoms. The quantitative estimate of drug-likeness (QED) is 0.427. The number of hydrogen-bond donors (Lipinski definition) is 1. The molecule has 136 valence electrons. The number of hydrogen-bond acceptors (Lipinski definition) is 5. The van der Waals surface area contributed by atoms with Gasteiger partial charge in [-0.05, 0) is 31.1 Å². The molecule has 0 amide bonds. The minimum absolute atomic E-state index is 0.00162. The maximum Gasteiger partial charge on any atom is 0.272 e. The summed E-state index contributed by atoms with van der Waals surface area (Å²) in [6.45, 7) is 3.51. The molecule has 0 unspecified atom stereocenters. The summed E-state index contributed by atoms with van der Waals surface area (Å²) < 4.78 is 0.804. The van der Waals surface area contributed by atoms with Crippen molar-refractivity contribution in [2.75, 3.05) is 0 Å². The van der Waals surface area contributed by atoms with E-state index in [0.29, 0.717) is 25.9 Å². The first kappa shape index (κ1) is 18.5. The number of Topliss-reactive ketones (excluding diaryl/α,β-unsaturated/α-hetero) is 1. The SMILES string of the molecule is Cc1ccccc1C(=O)/C=c1/[nH]c(=O)/c(=C/c2ccc(C)c([N+](=O)[O-])c2)s1. The number of rotatable bonds is 4. The summed E-state index contributed by atoms with van der Waals surface area (Å²) in [5.74, 6) is -0.192. The van der Waals surface area contributed by atoms with Crippen LogP contribution in [0.1, 0.15) is 27.0 Å². The van der Waals surface area contributed by atoms with Gasteiger partial charge in [0.05, 0.1) is 14.1 Å². The maximum absolute atomic E-state index is 12.4. The third-order valence-electron chi connectivity index (χ3n) is 4.08. The van der Waals surface area contributed by atoms with E-state index in [-0.39, 0.29) is 17.0 Å². The summed E-state index contributed by atoms with van der Waals surface area (Å²) in [7, 11) is 0. The average molecular weight is 380 g/mol. The molecule has 0 radical (unpaired) electrons. The van der Waals surface area contributed by atoms with E-state index in [9.17, 15) is 19.7 Å². The van der Waals surface area contributed by atoms with Crippen LogP contribution in [0.5, 0.6) is 0 Å². The first-order valence-electron chi connectivity index (χ1n) is 8.13. The second-order valence-corrected chi connectivity index (χ2v) is 7.14. The van der Waals surface area contributed by atoms with Gasteiger partial charge < -0.3 is 4.98 Å². The van der Waals surface area contributed by atoms with Crippen LogP contribution in [0.25, 0.3) is 12.2 Å². The number of H-pyrrole nitrogens is 1. The Morgan fingerprint density at radius 2 is 1.89 bits per heavy atom. The van der Waals surface area contributed by atoms with Crippen molar-refractivity contribution < 1.29 is 9.72 Å². The zero-order valence-electron chi connectivity index (χ0n) is 14.7. The van der Waals surface area contributed by atoms with Crippen LogP contribution < -0.4 is 14.8 Å². The highest BCUT2D eigenvalue weighted by Gasteiger charge is 2.10. The van der Waals surface area contributed by atoms with E-state index in [1.807, 2.05) is 19.1 Å². The first-order chi connectivity index (χ1) is 12.8. The van der Waals surface area contributed by atoms with Gasteiger partial charge in [0, 0.05) is 23.3 Å². The van der Waals surface area contributed by atoms with Crippen molar-refractivity contribution >= 4 is 35.0 Å². The van der Waals surface area contributed by atoms with Gasteiger partial charge in [0.1, 0.15) is 0 Å². The number of nitro benzene ring substituents is 1. The second-order valence-electron chi connectivity index (χ2n) is 6.06. The minimum atomic E-state index is -0.453. The standard InChI is InChI=1S/C20H16N2O4S/c1-12-5-3-4-6-15(12)17(23)11-19-21-20(24)18(27-19)10-14-8-7-13(2)16(9-14)22(25)26/h3-11H,1-2H3,(H,21,24)/b18-10-,19-11-. The summed E-state index contributed by atoms with van der Waals surface area (Å²) in [4.78, 5) is 37.9. The molecular formula is C20H16N2O4S. The highest BCUT2D eigenvalue weighted by molar-refractivity contribution is 7.07. The van der Waals surface area contributed by atoms with E-state index >= 15 is 0 Å². The van der Waals surface area contributed by atoms with E-state index in [0.717, 1.165) is 16.9 Å². The monoisotopic (exact) mass is 380 g/mol. The number of aromatic amines is 1. The predicted octanol–water partition coefficient (Wildman–Crippen LogP) is 2.45. The van der Waals surface area contributed by atoms with Gasteiger partial charge in [0.25, 0.3) is 11.2 Å². The lowest BCUT2D eigenvalue weighted by Gasteiger charge is -1.99. The number of nitrogens with one attached hydrogen (secondary N) is 1. The number of thiazole rings is 1. The van der Waals surface area contributed by atoms with Crippen LogP contribution in [0.15, 0.2) is 47.3 Å². The lowest BCUT2D eigenvalue weighted by Crippen LogP contribution is -2.20. The van der Waals surface area contributed by atoms with Gasteiger partial charge >= 0.3 is 0 Å². The van der Waals surface area contributed by atoms with Crippen molar-refractivity contribution in [1.82, 2.24) is 4.98 Å². The Labute approximate surface area is 158 Å². The molecule has 27 heavy (non-hydrogen) atoms. The highest BCUT2D eigenvalue weighted by atomic mass is 32.1. The Morgan fingerprint density at radius 1 is 1.15 bits per heavy atom. The maximum atomic E-state index is 12.4. The lowest BCUT2D eigenvalue weighted by molar-refractivity contribution is -0.385. The van der Waals surface area contributed by atoms with Crippen LogP contribution in [-0.4, -0.2) is 15.7 Å². The fourth-order valence-corrected chi connectivity index (χ4v) is 3.52. The predicted molar refractivity (Wildman–Crippen MR) is 106 cm³/mol. The van der Waals surface area contributed by atoms with E-state index < -0.39 is 4.92 Å². The van der Waals surface area contributed by atoms with Crippen molar-refractivity contribution in [3.63, 3.8) is 0 Å². The third-order valence-corrected chi connectivity index (χ3v) is 5.04. The molecule has 0 spiro atoms. The van der Waals surface area contributed by atoms with E-state index in [1.54, 1.807) is 37.3 Å². The van der Waals surface area contributed by atoms with E-state index in [1.165, 1.54) is 12.1 Å². The topological polar surface area (TPSA) is 93.1 Å². The Kier molecular flexibility index (Phi) is 5.14. The molecule has 2 aromatic carbocycles. The molecule has 1 heterocycles. The van der Waals surface area contributed by atoms with E-state index in [4.69, 9.17) is 0 Å². The molecule has 0 aliphatic heterocycles. The molecule has 3 aromatic rings. The minimum Gasteiger partial charge on any atom is -0.313 e. The number of aryl methyl sites for hydroxylation is 2. The largest absolute Gasteiger partial charge is 0.313 e. The van der Waals surface area contributed by atoms with Gasteiger partial charge in [-0.3, -0.25) is 19.7 Å². The van der Waals surface area contributed by atoms with Gasteiger partial charge in [-0.15, -0.1) is 11.3 Å². The fourth-order valence-electron chi connectivity index (χ4n) is 2.63. The Balaban J connectivity index is 2.02. The molecule has 7 heteroatoms. The van der Waals surface area contributed by atoms with Crippen molar-refractivity contribution in [3.8, 4) is 0 Å². The fraction of sp³-hybridized carbons (Fsp3) is 0.100. The molecule has 1 aromatic heterocycles. The van der Waals surface area contributed by atoms with Gasteiger partial charge in [-0.2, -0.15) is 0 Å². The van der Waals surface area contributed by atoms with Crippen LogP contribution in [0, 0.1) is 24.0 Å². The van der Waals surface area contributed by atoms with Crippen LogP contribution in [0.3, 0.4) is 0 Å². The average Bonchev–Trinajstić information content (AvgIpc) is 2.95. The van der Waals surface area contributed by atoms with Crippen LogP contribution in [0.4, 0.5) is 5.69 Å². The van der Waals surface area contributed by atoms with Crippen LogP contribution in [-0.2, 0) is 0 Å². The molecule has 1 N–H and O–H groups in total. The number of aromatic nitrogens is 1. The lowest BCUT2D eigenvalue weighted by atomic mass is 10.1. The smallest absolute Gasteiger partial charge is 0.272 e. The summed E-state index contributed by atoms with van der Waals surface area (Å²) in [5, 5.41) is 11.1. The third kappa shape index (κ3) is 4.09. The van der Waals surface area contributed by atoms with E-state index in [2.05, 4.69) is 4.98 Å².